The third-order valence-corrected chi connectivity index (χ3v) is 9.11. The molecule has 3 aromatic rings. The van der Waals surface area contributed by atoms with Gasteiger partial charge in [-0.3, -0.25) is 4.57 Å². The zero-order chi connectivity index (χ0) is 27.0. The Morgan fingerprint density at radius 3 is 1.19 bits per heavy atom. The summed E-state index contributed by atoms with van der Waals surface area (Å²) in [6.07, 6.45) is 0.0271. The minimum Gasteiger partial charge on any atom is -0.393 e. The molecule has 0 radical (unpaired) electrons. The zero-order valence-corrected chi connectivity index (χ0v) is 22.3. The topological polar surface area (TPSA) is 116 Å². The van der Waals surface area contributed by atoms with Crippen LogP contribution in [0.5, 0.6) is 0 Å². The molecule has 0 aliphatic heterocycles. The Morgan fingerprint density at radius 2 is 0.919 bits per heavy atom. The van der Waals surface area contributed by atoms with E-state index in [-0.39, 0.29) is 26.1 Å². The minimum atomic E-state index is -4.20. The molecule has 0 amide bonds. The van der Waals surface area contributed by atoms with Crippen molar-refractivity contribution in [3.05, 3.63) is 108 Å². The van der Waals surface area contributed by atoms with Crippen LogP contribution in [0.4, 0.5) is 0 Å². The van der Waals surface area contributed by atoms with Gasteiger partial charge in [0.1, 0.15) is 5.16 Å². The summed E-state index contributed by atoms with van der Waals surface area (Å²) in [5.41, 5.74) is -0.823. The van der Waals surface area contributed by atoms with Gasteiger partial charge in [-0.1, -0.05) is 91.0 Å². The Labute approximate surface area is 218 Å². The van der Waals surface area contributed by atoms with E-state index in [9.17, 15) is 20.4 Å². The summed E-state index contributed by atoms with van der Waals surface area (Å²) < 4.78 is 27.6. The molecule has 8 heteroatoms. The Balaban J connectivity index is 2.24. The van der Waals surface area contributed by atoms with Gasteiger partial charge in [-0.05, 0) is 30.5 Å². The van der Waals surface area contributed by atoms with Crippen molar-refractivity contribution in [2.24, 2.45) is 0 Å². The van der Waals surface area contributed by atoms with Crippen molar-refractivity contribution in [1.29, 1.82) is 0 Å². The molecule has 3 aromatic carbocycles. The maximum Gasteiger partial charge on any atom is 0.349 e. The summed E-state index contributed by atoms with van der Waals surface area (Å²) in [4.78, 5) is 0. The lowest BCUT2D eigenvalue weighted by Gasteiger charge is -2.41. The van der Waals surface area contributed by atoms with Crippen LogP contribution in [0.2, 0.25) is 0 Å². The fourth-order valence-electron chi connectivity index (χ4n) is 4.17. The Kier molecular flexibility index (Phi) is 9.84. The highest BCUT2D eigenvalue weighted by atomic mass is 31.2. The van der Waals surface area contributed by atoms with E-state index in [1.165, 1.54) is 13.8 Å². The third kappa shape index (κ3) is 6.75. The fraction of sp³-hybridized carbons (Fsp3) is 0.379. The van der Waals surface area contributed by atoms with Crippen LogP contribution >= 0.6 is 7.60 Å². The van der Waals surface area contributed by atoms with Crippen LogP contribution in [-0.4, -0.2) is 58.1 Å². The molecule has 0 aliphatic rings. The van der Waals surface area contributed by atoms with Crippen molar-refractivity contribution in [3.8, 4) is 0 Å². The lowest BCUT2D eigenvalue weighted by atomic mass is 9.84. The van der Waals surface area contributed by atoms with E-state index in [0.717, 1.165) is 0 Å². The highest BCUT2D eigenvalue weighted by Gasteiger charge is 2.55. The average Bonchev–Trinajstić information content (AvgIpc) is 2.91. The summed E-state index contributed by atoms with van der Waals surface area (Å²) in [5, 5.41) is 38.4. The molecule has 0 saturated heterocycles. The second-order valence-corrected chi connectivity index (χ2v) is 12.0. The van der Waals surface area contributed by atoms with Crippen LogP contribution in [0.1, 0.15) is 43.4 Å². The number of benzene rings is 3. The first-order valence-corrected chi connectivity index (χ1v) is 13.9. The Morgan fingerprint density at radius 1 is 0.622 bits per heavy atom. The predicted molar refractivity (Wildman–Crippen MR) is 143 cm³/mol. The molecule has 4 N–H and O–H groups in total. The summed E-state index contributed by atoms with van der Waals surface area (Å²) in [6, 6.07) is 27.9. The first-order valence-electron chi connectivity index (χ1n) is 12.3. The molecular weight excluding hydrogens is 491 g/mol. The summed E-state index contributed by atoms with van der Waals surface area (Å²) in [5.74, 6) is 0. The molecule has 0 bridgehead atoms. The van der Waals surface area contributed by atoms with E-state index >= 15 is 4.57 Å². The van der Waals surface area contributed by atoms with Crippen LogP contribution in [-0.2, 0) is 18.8 Å². The smallest absolute Gasteiger partial charge is 0.349 e. The molecule has 3 rings (SSSR count). The first kappa shape index (κ1) is 29.2. The molecule has 0 aliphatic carbocycles. The Hall–Kier alpha value is -2.35. The lowest BCUT2D eigenvalue weighted by Crippen LogP contribution is -2.35. The molecule has 2 atom stereocenters. The minimum absolute atomic E-state index is 0.0135. The highest BCUT2D eigenvalue weighted by molar-refractivity contribution is 7.55. The monoisotopic (exact) mass is 528 g/mol. The summed E-state index contributed by atoms with van der Waals surface area (Å²) in [6.45, 7) is 1.66. The van der Waals surface area contributed by atoms with Gasteiger partial charge in [0, 0.05) is 12.8 Å². The van der Waals surface area contributed by atoms with Gasteiger partial charge in [0.2, 0.25) is 0 Å². The number of hydrogen-bond acceptors (Lipinski definition) is 7. The van der Waals surface area contributed by atoms with Crippen LogP contribution in [0.3, 0.4) is 0 Å². The van der Waals surface area contributed by atoms with Crippen molar-refractivity contribution in [2.75, 3.05) is 26.4 Å². The van der Waals surface area contributed by atoms with Crippen LogP contribution in [0.15, 0.2) is 91.0 Å². The van der Waals surface area contributed by atoms with E-state index in [1.807, 2.05) is 91.0 Å². The van der Waals surface area contributed by atoms with Crippen molar-refractivity contribution in [2.45, 2.75) is 43.0 Å². The fourth-order valence-corrected chi connectivity index (χ4v) is 6.69. The molecule has 37 heavy (non-hydrogen) atoms. The van der Waals surface area contributed by atoms with E-state index in [2.05, 4.69) is 0 Å². The van der Waals surface area contributed by atoms with Gasteiger partial charge < -0.3 is 29.5 Å². The molecular formula is C29H37O7P. The quantitative estimate of drug-likeness (QED) is 0.180. The SMILES string of the molecule is CC(O)(CO)CCOP(=O)(OCCC(C)(O)CO)C(c1ccccc1)(c1ccccc1)c1ccccc1. The molecule has 0 aromatic heterocycles. The van der Waals surface area contributed by atoms with E-state index in [4.69, 9.17) is 9.05 Å². The third-order valence-electron chi connectivity index (χ3n) is 6.47. The largest absolute Gasteiger partial charge is 0.393 e. The van der Waals surface area contributed by atoms with Gasteiger partial charge >= 0.3 is 7.60 Å². The molecule has 0 saturated carbocycles. The van der Waals surface area contributed by atoms with E-state index < -0.39 is 37.2 Å². The molecule has 0 fully saturated rings. The lowest BCUT2D eigenvalue weighted by molar-refractivity contribution is -0.0204. The van der Waals surface area contributed by atoms with Crippen molar-refractivity contribution < 1.29 is 34.0 Å². The summed E-state index contributed by atoms with van der Waals surface area (Å²) in [7, 11) is -4.20. The number of aliphatic hydroxyl groups excluding tert-OH is 2. The summed E-state index contributed by atoms with van der Waals surface area (Å²) >= 11 is 0. The molecule has 0 heterocycles. The first-order chi connectivity index (χ1) is 17.6. The van der Waals surface area contributed by atoms with Gasteiger partial charge in [0.15, 0.2) is 0 Å². The van der Waals surface area contributed by atoms with Crippen LogP contribution in [0.25, 0.3) is 0 Å². The van der Waals surface area contributed by atoms with Crippen molar-refractivity contribution in [1.82, 2.24) is 0 Å². The maximum atomic E-state index is 15.3. The normalized spacial score (nSPS) is 16.9. The molecule has 0 spiro atoms. The molecule has 2 unspecified atom stereocenters. The van der Waals surface area contributed by atoms with E-state index in [1.54, 1.807) is 0 Å². The second-order valence-electron chi connectivity index (χ2n) is 9.78. The van der Waals surface area contributed by atoms with Crippen LogP contribution in [0, 0.1) is 0 Å². The number of hydrogen-bond donors (Lipinski definition) is 4. The van der Waals surface area contributed by atoms with E-state index in [0.29, 0.717) is 16.7 Å². The van der Waals surface area contributed by atoms with Gasteiger partial charge in [-0.25, -0.2) is 0 Å². The maximum absolute atomic E-state index is 15.3. The standard InChI is InChI=1S/C29H37O7P/c1-27(32,22-30)18-20-35-37(34,36-21-19-28(2,33)23-31)29(24-12-6-3-7-13-24,25-14-8-4-9-15-25)26-16-10-5-11-17-26/h3-17,30-33H,18-23H2,1-2H3. The van der Waals surface area contributed by atoms with Gasteiger partial charge in [-0.15, -0.1) is 0 Å². The van der Waals surface area contributed by atoms with Crippen molar-refractivity contribution >= 4 is 7.60 Å². The van der Waals surface area contributed by atoms with Gasteiger partial charge in [-0.2, -0.15) is 0 Å². The second kappa shape index (κ2) is 12.5. The Bertz CT molecular complexity index is 1010. The molecule has 7 nitrogen and oxygen atoms in total. The number of rotatable bonds is 14. The predicted octanol–water partition coefficient (Wildman–Crippen LogP) is 4.47. The molecule has 200 valence electrons. The van der Waals surface area contributed by atoms with Crippen molar-refractivity contribution in [3.63, 3.8) is 0 Å². The number of aliphatic hydroxyl groups is 4. The van der Waals surface area contributed by atoms with Gasteiger partial charge in [0.25, 0.3) is 0 Å². The average molecular weight is 529 g/mol. The van der Waals surface area contributed by atoms with Gasteiger partial charge in [0.05, 0.1) is 37.6 Å². The highest BCUT2D eigenvalue weighted by Crippen LogP contribution is 2.70. The van der Waals surface area contributed by atoms with Crippen LogP contribution < -0.4 is 0 Å². The zero-order valence-electron chi connectivity index (χ0n) is 21.4.